The van der Waals surface area contributed by atoms with Crippen LogP contribution in [0.25, 0.3) is 0 Å². The van der Waals surface area contributed by atoms with Crippen LogP contribution < -0.4 is 0 Å². The standard InChI is InChI=1S/C14H17FN4O2/c15-11-3-1-2-10(6-11)13(20)7-19-4-5-21-8-12(19)14-16-9-17-18-14/h1-3,6,9,12-13,20H,4-5,7-8H2,(H,16,17,18). The average Bonchev–Trinajstić information content (AvgIpc) is 3.02. The Morgan fingerprint density at radius 3 is 3.19 bits per heavy atom. The third-order valence-electron chi connectivity index (χ3n) is 3.63. The molecule has 1 fully saturated rings. The van der Waals surface area contributed by atoms with E-state index in [1.807, 2.05) is 0 Å². The highest BCUT2D eigenvalue weighted by Gasteiger charge is 2.28. The topological polar surface area (TPSA) is 74.3 Å². The summed E-state index contributed by atoms with van der Waals surface area (Å²) in [6.45, 7) is 2.15. The summed E-state index contributed by atoms with van der Waals surface area (Å²) < 4.78 is 18.7. The van der Waals surface area contributed by atoms with Gasteiger partial charge in [-0.3, -0.25) is 10.00 Å². The van der Waals surface area contributed by atoms with E-state index in [0.717, 1.165) is 0 Å². The summed E-state index contributed by atoms with van der Waals surface area (Å²) in [7, 11) is 0. The summed E-state index contributed by atoms with van der Waals surface area (Å²) in [6.07, 6.45) is 0.690. The maximum absolute atomic E-state index is 13.2. The molecule has 1 aliphatic heterocycles. The highest BCUT2D eigenvalue weighted by molar-refractivity contribution is 5.19. The number of hydrogen-bond acceptors (Lipinski definition) is 5. The number of benzene rings is 1. The van der Waals surface area contributed by atoms with Gasteiger partial charge in [0.25, 0.3) is 0 Å². The number of hydrogen-bond donors (Lipinski definition) is 2. The molecule has 0 amide bonds. The second-order valence-corrected chi connectivity index (χ2v) is 5.03. The zero-order chi connectivity index (χ0) is 14.7. The Morgan fingerprint density at radius 2 is 2.43 bits per heavy atom. The van der Waals surface area contributed by atoms with E-state index in [0.29, 0.717) is 37.7 Å². The van der Waals surface area contributed by atoms with Crippen LogP contribution in [0.1, 0.15) is 23.5 Å². The quantitative estimate of drug-likeness (QED) is 0.881. The van der Waals surface area contributed by atoms with E-state index < -0.39 is 6.10 Å². The van der Waals surface area contributed by atoms with Crippen molar-refractivity contribution in [3.63, 3.8) is 0 Å². The third-order valence-corrected chi connectivity index (χ3v) is 3.63. The molecule has 0 aliphatic carbocycles. The van der Waals surface area contributed by atoms with Gasteiger partial charge in [-0.1, -0.05) is 12.1 Å². The third kappa shape index (κ3) is 3.26. The van der Waals surface area contributed by atoms with Crippen LogP contribution in [0.2, 0.25) is 0 Å². The first kappa shape index (κ1) is 14.1. The average molecular weight is 292 g/mol. The molecule has 2 N–H and O–H groups in total. The SMILES string of the molecule is OC(CN1CCOCC1c1ncn[nH]1)c1cccc(F)c1. The molecule has 1 aromatic heterocycles. The number of rotatable bonds is 4. The molecule has 7 heteroatoms. The lowest BCUT2D eigenvalue weighted by Gasteiger charge is -2.35. The van der Waals surface area contributed by atoms with Crippen molar-refractivity contribution in [3.05, 3.63) is 47.8 Å². The Hall–Kier alpha value is -1.83. The van der Waals surface area contributed by atoms with Crippen LogP contribution in [-0.4, -0.2) is 51.5 Å². The van der Waals surface area contributed by atoms with Crippen LogP contribution >= 0.6 is 0 Å². The van der Waals surface area contributed by atoms with E-state index in [4.69, 9.17) is 4.74 Å². The molecule has 1 aliphatic rings. The van der Waals surface area contributed by atoms with Crippen molar-refractivity contribution in [1.82, 2.24) is 20.1 Å². The lowest BCUT2D eigenvalue weighted by Crippen LogP contribution is -2.42. The van der Waals surface area contributed by atoms with Gasteiger partial charge in [0.05, 0.1) is 25.4 Å². The van der Waals surface area contributed by atoms with Gasteiger partial charge in [0.1, 0.15) is 18.0 Å². The fourth-order valence-corrected chi connectivity index (χ4v) is 2.53. The van der Waals surface area contributed by atoms with Crippen molar-refractivity contribution in [3.8, 4) is 0 Å². The molecule has 2 unspecified atom stereocenters. The number of aromatic amines is 1. The number of nitrogens with zero attached hydrogens (tertiary/aromatic N) is 3. The van der Waals surface area contributed by atoms with Gasteiger partial charge in [-0.15, -0.1) is 0 Å². The maximum Gasteiger partial charge on any atom is 0.143 e. The molecule has 112 valence electrons. The van der Waals surface area contributed by atoms with E-state index in [9.17, 15) is 9.50 Å². The highest BCUT2D eigenvalue weighted by atomic mass is 19.1. The van der Waals surface area contributed by atoms with Crippen LogP contribution in [0.15, 0.2) is 30.6 Å². The molecule has 2 aromatic rings. The first-order chi connectivity index (χ1) is 10.2. The second-order valence-electron chi connectivity index (χ2n) is 5.03. The smallest absolute Gasteiger partial charge is 0.143 e. The summed E-state index contributed by atoms with van der Waals surface area (Å²) in [6, 6.07) is 5.96. The summed E-state index contributed by atoms with van der Waals surface area (Å²) in [4.78, 5) is 6.22. The largest absolute Gasteiger partial charge is 0.387 e. The molecular formula is C14H17FN4O2. The Kier molecular flexibility index (Phi) is 4.23. The van der Waals surface area contributed by atoms with Crippen molar-refractivity contribution in [2.24, 2.45) is 0 Å². The summed E-state index contributed by atoms with van der Waals surface area (Å²) >= 11 is 0. The number of nitrogens with one attached hydrogen (secondary N) is 1. The van der Waals surface area contributed by atoms with Gasteiger partial charge in [-0.05, 0) is 17.7 Å². The Morgan fingerprint density at radius 1 is 1.52 bits per heavy atom. The second kappa shape index (κ2) is 6.30. The minimum atomic E-state index is -0.760. The molecule has 0 saturated carbocycles. The maximum atomic E-state index is 13.2. The number of aromatic nitrogens is 3. The molecule has 6 nitrogen and oxygen atoms in total. The minimum absolute atomic E-state index is 0.0792. The Bertz CT molecular complexity index is 578. The van der Waals surface area contributed by atoms with Gasteiger partial charge >= 0.3 is 0 Å². The molecule has 1 aromatic carbocycles. The zero-order valence-electron chi connectivity index (χ0n) is 11.4. The van der Waals surface area contributed by atoms with E-state index in [1.54, 1.807) is 12.1 Å². The van der Waals surface area contributed by atoms with Crippen molar-refractivity contribution in [2.75, 3.05) is 26.3 Å². The van der Waals surface area contributed by atoms with Crippen LogP contribution in [0.4, 0.5) is 4.39 Å². The lowest BCUT2D eigenvalue weighted by molar-refractivity contribution is -0.0307. The fourth-order valence-electron chi connectivity index (χ4n) is 2.53. The molecule has 0 radical (unpaired) electrons. The molecule has 2 atom stereocenters. The number of ether oxygens (including phenoxy) is 1. The lowest BCUT2D eigenvalue weighted by atomic mass is 10.1. The van der Waals surface area contributed by atoms with Gasteiger partial charge in [0.15, 0.2) is 0 Å². The Balaban J connectivity index is 1.72. The Labute approximate surface area is 121 Å². The predicted molar refractivity (Wildman–Crippen MR) is 72.9 cm³/mol. The molecule has 0 bridgehead atoms. The van der Waals surface area contributed by atoms with Crippen molar-refractivity contribution in [1.29, 1.82) is 0 Å². The molecular weight excluding hydrogens is 275 g/mol. The van der Waals surface area contributed by atoms with Crippen molar-refractivity contribution >= 4 is 0 Å². The number of H-pyrrole nitrogens is 1. The van der Waals surface area contributed by atoms with E-state index >= 15 is 0 Å². The molecule has 21 heavy (non-hydrogen) atoms. The first-order valence-electron chi connectivity index (χ1n) is 6.84. The predicted octanol–water partition coefficient (Wildman–Crippen LogP) is 1.05. The van der Waals surface area contributed by atoms with Crippen LogP contribution in [0.5, 0.6) is 0 Å². The number of morpholine rings is 1. The van der Waals surface area contributed by atoms with Gasteiger partial charge in [0.2, 0.25) is 0 Å². The van der Waals surface area contributed by atoms with E-state index in [1.165, 1.54) is 18.5 Å². The summed E-state index contributed by atoms with van der Waals surface area (Å²) in [5.74, 6) is 0.362. The van der Waals surface area contributed by atoms with Gasteiger partial charge < -0.3 is 9.84 Å². The number of β-amino-alcohol motifs (C(OH)–C–C–N with tert-alkyl or cyclic N) is 1. The van der Waals surface area contributed by atoms with Gasteiger partial charge in [0, 0.05) is 13.1 Å². The first-order valence-corrected chi connectivity index (χ1v) is 6.84. The van der Waals surface area contributed by atoms with Crippen molar-refractivity contribution in [2.45, 2.75) is 12.1 Å². The van der Waals surface area contributed by atoms with Gasteiger partial charge in [-0.2, -0.15) is 5.10 Å². The molecule has 3 rings (SSSR count). The zero-order valence-corrected chi connectivity index (χ0v) is 11.4. The summed E-state index contributed by atoms with van der Waals surface area (Å²) in [5.41, 5.74) is 0.567. The van der Waals surface area contributed by atoms with Gasteiger partial charge in [-0.25, -0.2) is 9.37 Å². The van der Waals surface area contributed by atoms with Crippen LogP contribution in [0.3, 0.4) is 0 Å². The minimum Gasteiger partial charge on any atom is -0.387 e. The van der Waals surface area contributed by atoms with Crippen LogP contribution in [0, 0.1) is 5.82 Å². The van der Waals surface area contributed by atoms with E-state index in [-0.39, 0.29) is 11.9 Å². The molecule has 2 heterocycles. The molecule has 0 spiro atoms. The number of aliphatic hydroxyl groups excluding tert-OH is 1. The monoisotopic (exact) mass is 292 g/mol. The van der Waals surface area contributed by atoms with E-state index in [2.05, 4.69) is 20.1 Å². The van der Waals surface area contributed by atoms with Crippen molar-refractivity contribution < 1.29 is 14.2 Å². The normalized spacial score (nSPS) is 21.3. The van der Waals surface area contributed by atoms with Crippen LogP contribution in [-0.2, 0) is 4.74 Å². The fraction of sp³-hybridized carbons (Fsp3) is 0.429. The number of aliphatic hydroxyl groups is 1. The number of halogens is 1. The molecule has 1 saturated heterocycles. The summed E-state index contributed by atoms with van der Waals surface area (Å²) in [5, 5.41) is 17.0. The highest BCUT2D eigenvalue weighted by Crippen LogP contribution is 2.24.